The maximum atomic E-state index is 6.78. The first-order valence-electron chi connectivity index (χ1n) is 11.5. The van der Waals surface area contributed by atoms with Gasteiger partial charge in [-0.1, -0.05) is 12.1 Å². The lowest BCUT2D eigenvalue weighted by atomic mass is 9.80. The molecule has 0 amide bonds. The van der Waals surface area contributed by atoms with Crippen molar-refractivity contribution in [2.24, 2.45) is 0 Å². The van der Waals surface area contributed by atoms with Crippen molar-refractivity contribution < 1.29 is 9.15 Å². The van der Waals surface area contributed by atoms with Crippen molar-refractivity contribution in [2.45, 2.75) is 43.9 Å². The zero-order valence-electron chi connectivity index (χ0n) is 18.2. The molecule has 6 heteroatoms. The van der Waals surface area contributed by atoms with Crippen molar-refractivity contribution in [2.75, 3.05) is 33.2 Å². The van der Waals surface area contributed by atoms with Crippen LogP contribution >= 0.6 is 0 Å². The molecular weight excluding hydrogens is 388 g/mol. The molecule has 1 aromatic carbocycles. The first-order valence-corrected chi connectivity index (χ1v) is 11.5. The fourth-order valence-electron chi connectivity index (χ4n) is 5.56. The monoisotopic (exact) mass is 418 g/mol. The van der Waals surface area contributed by atoms with E-state index in [1.165, 1.54) is 16.8 Å². The van der Waals surface area contributed by atoms with Gasteiger partial charge in [-0.25, -0.2) is 0 Å². The summed E-state index contributed by atoms with van der Waals surface area (Å²) >= 11 is 0. The molecule has 0 unspecified atom stereocenters. The highest BCUT2D eigenvalue weighted by Crippen LogP contribution is 2.50. The van der Waals surface area contributed by atoms with Crippen molar-refractivity contribution in [1.82, 2.24) is 19.6 Å². The summed E-state index contributed by atoms with van der Waals surface area (Å²) in [7, 11) is 2.21. The van der Waals surface area contributed by atoms with Crippen molar-refractivity contribution in [3.8, 4) is 17.0 Å². The minimum Gasteiger partial charge on any atom is -0.482 e. The molecule has 162 valence electrons. The summed E-state index contributed by atoms with van der Waals surface area (Å²) in [5.41, 5.74) is 3.48. The molecule has 6 rings (SSSR count). The fraction of sp³-hybridized carbons (Fsp3) is 0.480. The van der Waals surface area contributed by atoms with Gasteiger partial charge in [-0.15, -0.1) is 0 Å². The Kier molecular flexibility index (Phi) is 4.65. The second-order valence-corrected chi connectivity index (χ2v) is 9.33. The molecule has 2 aromatic heterocycles. The number of nitrogens with zero attached hydrogens (tertiary/aromatic N) is 4. The third kappa shape index (κ3) is 3.29. The van der Waals surface area contributed by atoms with Crippen LogP contribution in [-0.2, 0) is 12.1 Å². The summed E-state index contributed by atoms with van der Waals surface area (Å²) in [5.74, 6) is 2.03. The van der Waals surface area contributed by atoms with Gasteiger partial charge < -0.3 is 14.1 Å². The van der Waals surface area contributed by atoms with Gasteiger partial charge in [0.1, 0.15) is 17.1 Å². The zero-order valence-corrected chi connectivity index (χ0v) is 18.2. The number of rotatable bonds is 3. The Hall–Kier alpha value is -2.57. The second-order valence-electron chi connectivity index (χ2n) is 9.33. The van der Waals surface area contributed by atoms with Crippen LogP contribution in [0.4, 0.5) is 0 Å². The first kappa shape index (κ1) is 19.1. The third-order valence-electron chi connectivity index (χ3n) is 7.39. The molecule has 5 heterocycles. The predicted octanol–water partition coefficient (Wildman–Crippen LogP) is 4.29. The number of para-hydroxylation sites is 1. The maximum absolute atomic E-state index is 6.78. The number of benzene rings is 1. The SMILES string of the molecule is CN1CCC(n2ncc3c2-c2ccccc2OC32CCN(Cc3ccco3)CC2)CC1. The molecule has 3 aliphatic heterocycles. The number of ether oxygens (including phenoxy) is 1. The third-order valence-corrected chi connectivity index (χ3v) is 7.39. The number of aromatic nitrogens is 2. The second kappa shape index (κ2) is 7.53. The van der Waals surface area contributed by atoms with E-state index in [1.54, 1.807) is 6.26 Å². The minimum absolute atomic E-state index is 0.285. The largest absolute Gasteiger partial charge is 0.482 e. The van der Waals surface area contributed by atoms with Crippen LogP contribution in [0.1, 0.15) is 43.0 Å². The molecule has 0 atom stereocenters. The number of hydrogen-bond acceptors (Lipinski definition) is 5. The van der Waals surface area contributed by atoms with Gasteiger partial charge in [0.25, 0.3) is 0 Å². The van der Waals surface area contributed by atoms with Crippen LogP contribution < -0.4 is 4.74 Å². The van der Waals surface area contributed by atoms with Gasteiger partial charge in [0.15, 0.2) is 0 Å². The van der Waals surface area contributed by atoms with Crippen LogP contribution in [0, 0.1) is 0 Å². The van der Waals surface area contributed by atoms with Crippen molar-refractivity contribution in [3.63, 3.8) is 0 Å². The lowest BCUT2D eigenvalue weighted by Gasteiger charge is -2.44. The van der Waals surface area contributed by atoms with Gasteiger partial charge in [-0.3, -0.25) is 9.58 Å². The van der Waals surface area contributed by atoms with E-state index in [-0.39, 0.29) is 5.60 Å². The van der Waals surface area contributed by atoms with E-state index < -0.39 is 0 Å². The molecule has 3 aliphatic rings. The van der Waals surface area contributed by atoms with Crippen LogP contribution in [0.2, 0.25) is 0 Å². The molecule has 0 radical (unpaired) electrons. The van der Waals surface area contributed by atoms with Crippen molar-refractivity contribution in [1.29, 1.82) is 0 Å². The molecule has 2 saturated heterocycles. The van der Waals surface area contributed by atoms with Crippen LogP contribution in [0.15, 0.2) is 53.3 Å². The summed E-state index contributed by atoms with van der Waals surface area (Å²) in [6.45, 7) is 5.10. The van der Waals surface area contributed by atoms with E-state index in [0.29, 0.717) is 6.04 Å². The Balaban J connectivity index is 1.33. The number of hydrogen-bond donors (Lipinski definition) is 0. The van der Waals surface area contributed by atoms with Gasteiger partial charge >= 0.3 is 0 Å². The number of piperidine rings is 2. The van der Waals surface area contributed by atoms with E-state index in [9.17, 15) is 0 Å². The number of likely N-dealkylation sites (tertiary alicyclic amines) is 2. The van der Waals surface area contributed by atoms with E-state index >= 15 is 0 Å². The van der Waals surface area contributed by atoms with Gasteiger partial charge in [0.2, 0.25) is 0 Å². The Morgan fingerprint density at radius 2 is 1.84 bits per heavy atom. The Labute approximate surface area is 183 Å². The smallest absolute Gasteiger partial charge is 0.140 e. The summed E-state index contributed by atoms with van der Waals surface area (Å²) in [6, 6.07) is 13.0. The normalized spacial score (nSPS) is 21.6. The summed E-state index contributed by atoms with van der Waals surface area (Å²) in [5, 5.41) is 4.96. The highest BCUT2D eigenvalue weighted by molar-refractivity contribution is 5.74. The van der Waals surface area contributed by atoms with Crippen molar-refractivity contribution >= 4 is 0 Å². The topological polar surface area (TPSA) is 46.7 Å². The van der Waals surface area contributed by atoms with Gasteiger partial charge in [0, 0.05) is 37.1 Å². The number of fused-ring (bicyclic) bond motifs is 4. The first-order chi connectivity index (χ1) is 15.2. The quantitative estimate of drug-likeness (QED) is 0.635. The molecule has 31 heavy (non-hydrogen) atoms. The van der Waals surface area contributed by atoms with Crippen LogP contribution in [0.3, 0.4) is 0 Å². The molecule has 0 bridgehead atoms. The summed E-state index contributed by atoms with van der Waals surface area (Å²) < 4.78 is 14.7. The average Bonchev–Trinajstić information content (AvgIpc) is 3.47. The van der Waals surface area contributed by atoms with E-state index in [0.717, 1.165) is 69.9 Å². The molecule has 0 saturated carbocycles. The van der Waals surface area contributed by atoms with Crippen LogP contribution in [0.5, 0.6) is 5.75 Å². The molecule has 6 nitrogen and oxygen atoms in total. The summed E-state index contributed by atoms with van der Waals surface area (Å²) in [4.78, 5) is 4.88. The standard InChI is InChI=1S/C25H30N4O2/c1-27-12-8-19(9-13-27)29-24-21-6-2-3-7-23(21)31-25(22(24)17-26-29)10-14-28(15-11-25)18-20-5-4-16-30-20/h2-7,16-17,19H,8-15,18H2,1H3. The highest BCUT2D eigenvalue weighted by Gasteiger charge is 2.46. The lowest BCUT2D eigenvalue weighted by Crippen LogP contribution is -2.47. The van der Waals surface area contributed by atoms with E-state index in [1.807, 2.05) is 6.07 Å². The Bertz CT molecular complexity index is 1040. The van der Waals surface area contributed by atoms with E-state index in [2.05, 4.69) is 58.1 Å². The zero-order chi connectivity index (χ0) is 20.8. The van der Waals surface area contributed by atoms with Gasteiger partial charge in [-0.2, -0.15) is 5.10 Å². The highest BCUT2D eigenvalue weighted by atomic mass is 16.5. The average molecular weight is 419 g/mol. The molecule has 0 aliphatic carbocycles. The lowest BCUT2D eigenvalue weighted by molar-refractivity contribution is -0.00846. The molecule has 2 fully saturated rings. The van der Waals surface area contributed by atoms with Crippen LogP contribution in [-0.4, -0.2) is 52.8 Å². The molecular formula is C25H30N4O2. The van der Waals surface area contributed by atoms with Gasteiger partial charge in [0.05, 0.1) is 30.7 Å². The Morgan fingerprint density at radius 1 is 1.03 bits per heavy atom. The number of furan rings is 1. The molecule has 1 spiro atoms. The van der Waals surface area contributed by atoms with E-state index in [4.69, 9.17) is 14.3 Å². The predicted molar refractivity (Wildman–Crippen MR) is 119 cm³/mol. The van der Waals surface area contributed by atoms with Crippen molar-refractivity contribution in [3.05, 3.63) is 60.2 Å². The molecule has 0 N–H and O–H groups in total. The minimum atomic E-state index is -0.285. The Morgan fingerprint density at radius 3 is 2.61 bits per heavy atom. The maximum Gasteiger partial charge on any atom is 0.140 e. The molecule has 3 aromatic rings. The van der Waals surface area contributed by atoms with Gasteiger partial charge in [-0.05, 0) is 57.2 Å². The van der Waals surface area contributed by atoms with Crippen LogP contribution in [0.25, 0.3) is 11.3 Å². The summed E-state index contributed by atoms with van der Waals surface area (Å²) in [6.07, 6.45) is 8.09. The fourth-order valence-corrected chi connectivity index (χ4v) is 5.56.